The van der Waals surface area contributed by atoms with Crippen molar-refractivity contribution in [3.05, 3.63) is 43.7 Å². The van der Waals surface area contributed by atoms with Crippen LogP contribution in [0.3, 0.4) is 0 Å². The van der Waals surface area contributed by atoms with Crippen LogP contribution in [0.5, 0.6) is 0 Å². The zero-order chi connectivity index (χ0) is 14.8. The van der Waals surface area contributed by atoms with Gasteiger partial charge in [-0.05, 0) is 54.7 Å². The average Bonchev–Trinajstić information content (AvgIpc) is 3.09. The summed E-state index contributed by atoms with van der Waals surface area (Å²) in [4.78, 5) is 2.72. The summed E-state index contributed by atoms with van der Waals surface area (Å²) in [6, 6.07) is 9.44. The van der Waals surface area contributed by atoms with Gasteiger partial charge in [0.2, 0.25) is 0 Å². The zero-order valence-corrected chi connectivity index (χ0v) is 14.9. The van der Waals surface area contributed by atoms with E-state index >= 15 is 0 Å². The van der Waals surface area contributed by atoms with Gasteiger partial charge in [-0.3, -0.25) is 0 Å². The Balaban J connectivity index is 1.80. The number of rotatable bonds is 4. The molecule has 1 aliphatic carbocycles. The minimum absolute atomic E-state index is 0.295. The largest absolute Gasteiger partial charge is 0.302 e. The minimum Gasteiger partial charge on any atom is -0.302 e. The second kappa shape index (κ2) is 6.82. The Morgan fingerprint density at radius 3 is 2.67 bits per heavy atom. The Morgan fingerprint density at radius 1 is 1.19 bits per heavy atom. The van der Waals surface area contributed by atoms with E-state index in [1.165, 1.54) is 29.0 Å². The fraction of sp³-hybridized carbons (Fsp3) is 0.529. The van der Waals surface area contributed by atoms with Crippen molar-refractivity contribution in [2.75, 3.05) is 0 Å². The van der Waals surface area contributed by atoms with Gasteiger partial charge in [0, 0.05) is 15.8 Å². The highest BCUT2D eigenvalue weighted by Gasteiger charge is 2.29. The first-order chi connectivity index (χ1) is 10.1. The molecule has 4 atom stereocenters. The zero-order valence-electron chi connectivity index (χ0n) is 12.5. The molecule has 0 radical (unpaired) electrons. The minimum atomic E-state index is 0.295. The van der Waals surface area contributed by atoms with Crippen LogP contribution in [-0.2, 0) is 0 Å². The molecule has 0 bridgehead atoms. The van der Waals surface area contributed by atoms with Crippen molar-refractivity contribution in [2.24, 2.45) is 11.8 Å². The molecular weight excluding hydrogens is 318 g/mol. The summed E-state index contributed by atoms with van der Waals surface area (Å²) >= 11 is 9.67. The van der Waals surface area contributed by atoms with Crippen LogP contribution in [0.15, 0.2) is 29.6 Å². The third kappa shape index (κ3) is 3.70. The summed E-state index contributed by atoms with van der Waals surface area (Å²) < 4.78 is 0.874. The molecule has 1 N–H and O–H groups in total. The van der Waals surface area contributed by atoms with Crippen molar-refractivity contribution >= 4 is 34.3 Å². The maximum atomic E-state index is 6.15. The molecule has 2 aromatic rings. The topological polar surface area (TPSA) is 12.0 Å². The van der Waals surface area contributed by atoms with Crippen LogP contribution < -0.4 is 5.32 Å². The number of nitrogens with one attached hydrogen (secondary N) is 1. The fourth-order valence-electron chi connectivity index (χ4n) is 3.37. The van der Waals surface area contributed by atoms with E-state index in [0.717, 1.165) is 16.2 Å². The molecule has 0 saturated heterocycles. The molecule has 0 aliphatic heterocycles. The van der Waals surface area contributed by atoms with Gasteiger partial charge in [0.1, 0.15) is 0 Å². The molecule has 1 aliphatic rings. The van der Waals surface area contributed by atoms with Crippen LogP contribution in [0.1, 0.15) is 48.9 Å². The monoisotopic (exact) mass is 339 g/mol. The molecule has 0 spiro atoms. The lowest BCUT2D eigenvalue weighted by molar-refractivity contribution is 0.220. The maximum Gasteiger partial charge on any atom is 0.0931 e. The van der Waals surface area contributed by atoms with Crippen LogP contribution in [0.2, 0.25) is 4.34 Å². The number of hydrogen-bond acceptors (Lipinski definition) is 3. The van der Waals surface area contributed by atoms with Crippen LogP contribution in [0.4, 0.5) is 0 Å². The third-order valence-corrected chi connectivity index (χ3v) is 6.75. The van der Waals surface area contributed by atoms with E-state index in [1.54, 1.807) is 11.3 Å². The van der Waals surface area contributed by atoms with E-state index in [-0.39, 0.29) is 0 Å². The Kier molecular flexibility index (Phi) is 5.05. The lowest BCUT2D eigenvalue weighted by Crippen LogP contribution is -2.41. The molecule has 3 rings (SSSR count). The summed E-state index contributed by atoms with van der Waals surface area (Å²) in [5.74, 6) is 1.61. The lowest BCUT2D eigenvalue weighted by atomic mass is 9.79. The van der Waals surface area contributed by atoms with Crippen LogP contribution >= 0.6 is 34.3 Å². The first-order valence-corrected chi connectivity index (χ1v) is 9.75. The van der Waals surface area contributed by atoms with Crippen LogP contribution in [-0.4, -0.2) is 6.04 Å². The quantitative estimate of drug-likeness (QED) is 0.723. The molecule has 2 aromatic heterocycles. The molecular formula is C17H22ClNS2. The van der Waals surface area contributed by atoms with Gasteiger partial charge in [0.15, 0.2) is 0 Å². The molecule has 1 saturated carbocycles. The molecule has 0 aromatic carbocycles. The summed E-state index contributed by atoms with van der Waals surface area (Å²) in [6.45, 7) is 4.77. The van der Waals surface area contributed by atoms with Gasteiger partial charge in [0.25, 0.3) is 0 Å². The molecule has 1 fully saturated rings. The molecule has 1 nitrogen and oxygen atoms in total. The SMILES string of the molecule is CC1CCC(NC(c2cccs2)c2ccc(Cl)s2)C(C)C1. The van der Waals surface area contributed by atoms with Crippen molar-refractivity contribution in [2.45, 2.75) is 45.2 Å². The molecule has 2 heterocycles. The van der Waals surface area contributed by atoms with Crippen molar-refractivity contribution in [3.63, 3.8) is 0 Å². The molecule has 4 unspecified atom stereocenters. The Bertz CT molecular complexity index is 563. The first-order valence-electron chi connectivity index (χ1n) is 7.68. The van der Waals surface area contributed by atoms with Gasteiger partial charge in [-0.1, -0.05) is 31.5 Å². The van der Waals surface area contributed by atoms with Gasteiger partial charge in [0.05, 0.1) is 10.4 Å². The van der Waals surface area contributed by atoms with Gasteiger partial charge in [-0.15, -0.1) is 22.7 Å². The standard InChI is InChI=1S/C17H22ClNS2/c1-11-5-6-13(12(2)10-11)19-17(14-4-3-9-20-14)15-7-8-16(18)21-15/h3-4,7-9,11-13,17,19H,5-6,10H2,1-2H3. The average molecular weight is 340 g/mol. The van der Waals surface area contributed by atoms with E-state index in [4.69, 9.17) is 11.6 Å². The molecule has 114 valence electrons. The van der Waals surface area contributed by atoms with Crippen LogP contribution in [0.25, 0.3) is 0 Å². The smallest absolute Gasteiger partial charge is 0.0931 e. The first kappa shape index (κ1) is 15.5. The highest BCUT2D eigenvalue weighted by Crippen LogP contribution is 2.36. The number of thiophene rings is 2. The molecule has 4 heteroatoms. The van der Waals surface area contributed by atoms with Gasteiger partial charge in [-0.2, -0.15) is 0 Å². The van der Waals surface area contributed by atoms with E-state index in [2.05, 4.69) is 42.7 Å². The van der Waals surface area contributed by atoms with E-state index in [0.29, 0.717) is 12.1 Å². The third-order valence-electron chi connectivity index (χ3n) is 4.52. The summed E-state index contributed by atoms with van der Waals surface area (Å²) in [5.41, 5.74) is 0. The lowest BCUT2D eigenvalue weighted by Gasteiger charge is -2.35. The second-order valence-corrected chi connectivity index (χ2v) is 8.98. The maximum absolute atomic E-state index is 6.15. The molecule has 0 amide bonds. The predicted molar refractivity (Wildman–Crippen MR) is 94.6 cm³/mol. The highest BCUT2D eigenvalue weighted by molar-refractivity contribution is 7.16. The van der Waals surface area contributed by atoms with Gasteiger partial charge < -0.3 is 5.32 Å². The molecule has 21 heavy (non-hydrogen) atoms. The highest BCUT2D eigenvalue weighted by atomic mass is 35.5. The van der Waals surface area contributed by atoms with Gasteiger partial charge in [-0.25, -0.2) is 0 Å². The van der Waals surface area contributed by atoms with Crippen molar-refractivity contribution in [1.82, 2.24) is 5.32 Å². The normalized spacial score (nSPS) is 27.7. The Labute approximate surface area is 140 Å². The second-order valence-electron chi connectivity index (χ2n) is 6.26. The van der Waals surface area contributed by atoms with Crippen LogP contribution in [0, 0.1) is 11.8 Å². The Hall–Kier alpha value is -0.350. The fourth-order valence-corrected chi connectivity index (χ4v) is 5.39. The van der Waals surface area contributed by atoms with E-state index in [1.807, 2.05) is 17.4 Å². The van der Waals surface area contributed by atoms with Crippen molar-refractivity contribution in [3.8, 4) is 0 Å². The van der Waals surface area contributed by atoms with Crippen molar-refractivity contribution in [1.29, 1.82) is 0 Å². The Morgan fingerprint density at radius 2 is 2.05 bits per heavy atom. The summed E-state index contributed by atoms with van der Waals surface area (Å²) in [6.07, 6.45) is 3.95. The number of hydrogen-bond donors (Lipinski definition) is 1. The van der Waals surface area contributed by atoms with E-state index < -0.39 is 0 Å². The van der Waals surface area contributed by atoms with E-state index in [9.17, 15) is 0 Å². The predicted octanol–water partition coefficient (Wildman–Crippen LogP) is 5.97. The number of halogens is 1. The van der Waals surface area contributed by atoms with Crippen molar-refractivity contribution < 1.29 is 0 Å². The summed E-state index contributed by atoms with van der Waals surface area (Å²) in [7, 11) is 0. The summed E-state index contributed by atoms with van der Waals surface area (Å²) in [5, 5.41) is 6.08. The van der Waals surface area contributed by atoms with Gasteiger partial charge >= 0.3 is 0 Å².